The van der Waals surface area contributed by atoms with E-state index >= 15 is 0 Å². The molecule has 1 aliphatic heterocycles. The Morgan fingerprint density at radius 2 is 2.31 bits per heavy atom. The zero-order chi connectivity index (χ0) is 11.5. The molecule has 16 heavy (non-hydrogen) atoms. The molecule has 2 N–H and O–H groups in total. The highest BCUT2D eigenvalue weighted by molar-refractivity contribution is 4.94. The van der Waals surface area contributed by atoms with Crippen molar-refractivity contribution >= 4 is 0 Å². The fraction of sp³-hybridized carbons (Fsp3) is 0.818. The molecule has 5 heteroatoms. The van der Waals surface area contributed by atoms with E-state index in [0.29, 0.717) is 17.6 Å². The highest BCUT2D eigenvalue weighted by atomic mass is 16.5. The average molecular weight is 225 g/mol. The van der Waals surface area contributed by atoms with Gasteiger partial charge in [-0.2, -0.15) is 4.98 Å². The van der Waals surface area contributed by atoms with E-state index in [-0.39, 0.29) is 12.1 Å². The second-order valence-electron chi connectivity index (χ2n) is 4.66. The van der Waals surface area contributed by atoms with Gasteiger partial charge in [-0.15, -0.1) is 0 Å². The molecule has 2 rings (SSSR count). The van der Waals surface area contributed by atoms with Crippen LogP contribution in [0.3, 0.4) is 0 Å². The van der Waals surface area contributed by atoms with Crippen LogP contribution in [0.5, 0.6) is 0 Å². The number of hydrogen-bond acceptors (Lipinski definition) is 5. The van der Waals surface area contributed by atoms with Crippen LogP contribution in [0.25, 0.3) is 0 Å². The minimum absolute atomic E-state index is 0.175. The highest BCUT2D eigenvalue weighted by Gasteiger charge is 2.21. The van der Waals surface area contributed by atoms with Gasteiger partial charge in [0, 0.05) is 13.0 Å². The molecular formula is C11H19N3O2. The predicted molar refractivity (Wildman–Crippen MR) is 58.7 cm³/mol. The number of nitrogens with zero attached hydrogens (tertiary/aromatic N) is 2. The molecule has 2 unspecified atom stereocenters. The van der Waals surface area contributed by atoms with Crippen LogP contribution in [0.15, 0.2) is 4.52 Å². The van der Waals surface area contributed by atoms with Crippen molar-refractivity contribution in [1.82, 2.24) is 10.1 Å². The Morgan fingerprint density at radius 3 is 2.94 bits per heavy atom. The molecule has 0 aromatic carbocycles. The van der Waals surface area contributed by atoms with Crippen LogP contribution in [-0.2, 0) is 11.2 Å². The van der Waals surface area contributed by atoms with Crippen molar-refractivity contribution in [3.63, 3.8) is 0 Å². The molecule has 1 aromatic heterocycles. The Labute approximate surface area is 95.3 Å². The van der Waals surface area contributed by atoms with Gasteiger partial charge in [-0.3, -0.25) is 0 Å². The molecule has 0 spiro atoms. The van der Waals surface area contributed by atoms with Gasteiger partial charge in [0.25, 0.3) is 0 Å². The van der Waals surface area contributed by atoms with Gasteiger partial charge in [0.1, 0.15) is 0 Å². The maximum atomic E-state index is 5.93. The highest BCUT2D eigenvalue weighted by Crippen LogP contribution is 2.19. The molecule has 0 radical (unpaired) electrons. The lowest BCUT2D eigenvalue weighted by atomic mass is 10.1. The monoisotopic (exact) mass is 225 g/mol. The van der Waals surface area contributed by atoms with E-state index in [1.165, 1.54) is 0 Å². The first kappa shape index (κ1) is 11.5. The zero-order valence-corrected chi connectivity index (χ0v) is 9.85. The summed E-state index contributed by atoms with van der Waals surface area (Å²) in [6, 6.07) is -0.175. The van der Waals surface area contributed by atoms with Crippen LogP contribution in [0.1, 0.15) is 44.4 Å². The van der Waals surface area contributed by atoms with Gasteiger partial charge >= 0.3 is 0 Å². The summed E-state index contributed by atoms with van der Waals surface area (Å²) in [6.07, 6.45) is 3.19. The van der Waals surface area contributed by atoms with Gasteiger partial charge in [0.15, 0.2) is 5.82 Å². The normalized spacial score (nSPS) is 22.9. The molecule has 0 amide bonds. The third-order valence-corrected chi connectivity index (χ3v) is 2.92. The van der Waals surface area contributed by atoms with Gasteiger partial charge in [-0.25, -0.2) is 0 Å². The van der Waals surface area contributed by atoms with Crippen molar-refractivity contribution < 1.29 is 9.26 Å². The summed E-state index contributed by atoms with van der Waals surface area (Å²) < 4.78 is 10.7. The van der Waals surface area contributed by atoms with Crippen molar-refractivity contribution in [3.8, 4) is 0 Å². The lowest BCUT2D eigenvalue weighted by molar-refractivity contribution is 0.109. The lowest BCUT2D eigenvalue weighted by Gasteiger charge is -2.09. The van der Waals surface area contributed by atoms with Crippen LogP contribution in [-0.4, -0.2) is 22.9 Å². The van der Waals surface area contributed by atoms with Crippen LogP contribution < -0.4 is 5.73 Å². The van der Waals surface area contributed by atoms with Gasteiger partial charge < -0.3 is 15.0 Å². The van der Waals surface area contributed by atoms with E-state index in [2.05, 4.69) is 10.1 Å². The Hall–Kier alpha value is -0.940. The number of ether oxygens (including phenoxy) is 1. The van der Waals surface area contributed by atoms with Crippen LogP contribution in [0, 0.1) is 5.92 Å². The van der Waals surface area contributed by atoms with Crippen molar-refractivity contribution in [2.45, 2.75) is 45.3 Å². The summed E-state index contributed by atoms with van der Waals surface area (Å²) in [5.41, 5.74) is 5.93. The van der Waals surface area contributed by atoms with Gasteiger partial charge in [-0.1, -0.05) is 19.0 Å². The first-order valence-electron chi connectivity index (χ1n) is 5.86. The number of hydrogen-bond donors (Lipinski definition) is 1. The Kier molecular flexibility index (Phi) is 3.56. The van der Waals surface area contributed by atoms with Crippen LogP contribution in [0.2, 0.25) is 0 Å². The molecule has 1 saturated heterocycles. The van der Waals surface area contributed by atoms with Gasteiger partial charge in [-0.05, 0) is 18.8 Å². The van der Waals surface area contributed by atoms with Crippen molar-refractivity contribution in [2.75, 3.05) is 6.61 Å². The molecule has 1 fully saturated rings. The van der Waals surface area contributed by atoms with E-state index in [9.17, 15) is 0 Å². The van der Waals surface area contributed by atoms with E-state index in [1.54, 1.807) is 0 Å². The first-order valence-corrected chi connectivity index (χ1v) is 5.86. The maximum absolute atomic E-state index is 5.93. The summed E-state index contributed by atoms with van der Waals surface area (Å²) in [6.45, 7) is 4.92. The molecule has 0 saturated carbocycles. The third kappa shape index (κ3) is 2.59. The number of aromatic nitrogens is 2. The van der Waals surface area contributed by atoms with Crippen LogP contribution in [0.4, 0.5) is 0 Å². The Bertz CT molecular complexity index is 332. The van der Waals surface area contributed by atoms with Gasteiger partial charge in [0.2, 0.25) is 5.89 Å². The lowest BCUT2D eigenvalue weighted by Crippen LogP contribution is -2.17. The molecule has 1 aliphatic rings. The molecule has 1 aromatic rings. The summed E-state index contributed by atoms with van der Waals surface area (Å²) in [5, 5.41) is 3.94. The minimum atomic E-state index is -0.175. The second-order valence-corrected chi connectivity index (χ2v) is 4.66. The SMILES string of the molecule is CC(C)C(N)c1nc(CC2CCCO2)no1. The topological polar surface area (TPSA) is 74.2 Å². The average Bonchev–Trinajstić information content (AvgIpc) is 2.88. The zero-order valence-electron chi connectivity index (χ0n) is 9.85. The summed E-state index contributed by atoms with van der Waals surface area (Å²) in [4.78, 5) is 4.31. The first-order chi connectivity index (χ1) is 7.66. The Morgan fingerprint density at radius 1 is 1.50 bits per heavy atom. The number of nitrogens with two attached hydrogens (primary N) is 1. The third-order valence-electron chi connectivity index (χ3n) is 2.92. The fourth-order valence-corrected chi connectivity index (χ4v) is 1.78. The maximum Gasteiger partial charge on any atom is 0.243 e. The second kappa shape index (κ2) is 4.93. The van der Waals surface area contributed by atoms with Crippen molar-refractivity contribution in [2.24, 2.45) is 11.7 Å². The minimum Gasteiger partial charge on any atom is -0.378 e. The Balaban J connectivity index is 1.96. The molecule has 0 aliphatic carbocycles. The van der Waals surface area contributed by atoms with Crippen molar-refractivity contribution in [1.29, 1.82) is 0 Å². The molecule has 2 atom stereocenters. The molecule has 5 nitrogen and oxygen atoms in total. The van der Waals surface area contributed by atoms with Crippen LogP contribution >= 0.6 is 0 Å². The van der Waals surface area contributed by atoms with E-state index in [0.717, 1.165) is 25.9 Å². The number of rotatable bonds is 4. The molecule has 90 valence electrons. The van der Waals surface area contributed by atoms with Gasteiger partial charge in [0.05, 0.1) is 12.1 Å². The smallest absolute Gasteiger partial charge is 0.243 e. The van der Waals surface area contributed by atoms with Crippen molar-refractivity contribution in [3.05, 3.63) is 11.7 Å². The molecule has 2 heterocycles. The standard InChI is InChI=1S/C11H19N3O2/c1-7(2)10(12)11-13-9(14-16-11)6-8-4-3-5-15-8/h7-8,10H,3-6,12H2,1-2H3. The van der Waals surface area contributed by atoms with E-state index < -0.39 is 0 Å². The summed E-state index contributed by atoms with van der Waals surface area (Å²) >= 11 is 0. The quantitative estimate of drug-likeness (QED) is 0.839. The van der Waals surface area contributed by atoms with E-state index in [1.807, 2.05) is 13.8 Å². The molecular weight excluding hydrogens is 206 g/mol. The summed E-state index contributed by atoms with van der Waals surface area (Å²) in [7, 11) is 0. The largest absolute Gasteiger partial charge is 0.378 e. The summed E-state index contributed by atoms with van der Waals surface area (Å²) in [5.74, 6) is 1.54. The predicted octanol–water partition coefficient (Wildman–Crippen LogP) is 1.45. The molecule has 0 bridgehead atoms. The van der Waals surface area contributed by atoms with E-state index in [4.69, 9.17) is 15.0 Å². The fourth-order valence-electron chi connectivity index (χ4n) is 1.78.